The maximum Gasteiger partial charge on any atom is 0.330 e. The lowest BCUT2D eigenvalue weighted by molar-refractivity contribution is -0.912. The van der Waals surface area contributed by atoms with Gasteiger partial charge in [-0.15, -0.1) is 0 Å². The van der Waals surface area contributed by atoms with E-state index in [-0.39, 0.29) is 11.3 Å². The first-order chi connectivity index (χ1) is 11.9. The van der Waals surface area contributed by atoms with Gasteiger partial charge in [0.2, 0.25) is 0 Å². The smallest absolute Gasteiger partial charge is 0.330 e. The van der Waals surface area contributed by atoms with Crippen LogP contribution in [0.25, 0.3) is 11.2 Å². The average molecular weight is 346 g/mol. The molecule has 0 amide bonds. The number of carbonyl (C=O) groups excluding carboxylic acids is 1. The van der Waals surface area contributed by atoms with Crippen LogP contribution in [0.5, 0.6) is 0 Å². The van der Waals surface area contributed by atoms with Crippen molar-refractivity contribution in [1.29, 1.82) is 0 Å². The first kappa shape index (κ1) is 17.7. The van der Waals surface area contributed by atoms with E-state index in [0.717, 1.165) is 13.1 Å². The normalized spacial score (nSPS) is 16.8. The fraction of sp³-hybridized carbons (Fsp3) is 0.611. The van der Waals surface area contributed by atoms with Gasteiger partial charge in [-0.2, -0.15) is 0 Å². The highest BCUT2D eigenvalue weighted by Crippen LogP contribution is 2.14. The van der Waals surface area contributed by atoms with E-state index in [2.05, 4.69) is 11.9 Å². The molecule has 0 unspecified atom stereocenters. The first-order valence-electron chi connectivity index (χ1n) is 9.03. The van der Waals surface area contributed by atoms with Gasteiger partial charge in [0, 0.05) is 31.1 Å². The lowest BCUT2D eigenvalue weighted by Gasteiger charge is -2.21. The number of nitrogens with one attached hydrogen (secondary N) is 1. The van der Waals surface area contributed by atoms with E-state index in [0.29, 0.717) is 36.2 Å². The summed E-state index contributed by atoms with van der Waals surface area (Å²) in [6.45, 7) is 9.62. The summed E-state index contributed by atoms with van der Waals surface area (Å²) < 4.78 is 3.35. The molecule has 0 radical (unpaired) electrons. The van der Waals surface area contributed by atoms with Crippen LogP contribution in [0.3, 0.4) is 0 Å². The maximum absolute atomic E-state index is 13.0. The standard InChI is InChI=1S/C18H26N4O3/c1-12(2)10-22-16-15(8-14(9-19-16)17(23)24)21(18(22)25)11-13(3)20-6-4-5-7-20/h8-9,12-13H,4-7,10-11H2,1-3H3,(H,23,24)/t13-/m0/s1. The molecule has 0 saturated carbocycles. The number of aromatic nitrogens is 3. The predicted octanol–water partition coefficient (Wildman–Crippen LogP) is -0.715. The Hall–Kier alpha value is -2.15. The molecule has 136 valence electrons. The van der Waals surface area contributed by atoms with Crippen LogP contribution in [0.4, 0.5) is 0 Å². The Balaban J connectivity index is 2.07. The number of carboxylic acid groups (broad SMARTS) is 1. The quantitative estimate of drug-likeness (QED) is 0.748. The molecule has 1 fully saturated rings. The van der Waals surface area contributed by atoms with Crippen molar-refractivity contribution in [3.63, 3.8) is 0 Å². The summed E-state index contributed by atoms with van der Waals surface area (Å²) in [5, 5.41) is 11.2. The van der Waals surface area contributed by atoms with Gasteiger partial charge in [-0.05, 0) is 18.9 Å². The van der Waals surface area contributed by atoms with E-state index in [4.69, 9.17) is 0 Å². The zero-order chi connectivity index (χ0) is 18.1. The minimum absolute atomic E-state index is 0.00381. The van der Waals surface area contributed by atoms with E-state index in [1.165, 1.54) is 30.0 Å². The number of fused-ring (bicyclic) bond motifs is 1. The zero-order valence-corrected chi connectivity index (χ0v) is 15.1. The van der Waals surface area contributed by atoms with E-state index in [1.807, 2.05) is 13.8 Å². The van der Waals surface area contributed by atoms with Crippen molar-refractivity contribution in [2.45, 2.75) is 52.7 Å². The van der Waals surface area contributed by atoms with Gasteiger partial charge in [-0.1, -0.05) is 13.8 Å². The van der Waals surface area contributed by atoms with Crippen LogP contribution in [0.1, 0.15) is 44.0 Å². The molecule has 0 bridgehead atoms. The molecule has 3 heterocycles. The Labute approximate surface area is 146 Å². The summed E-state index contributed by atoms with van der Waals surface area (Å²) in [5.41, 5.74) is 1.02. The number of quaternary nitrogens is 1. The van der Waals surface area contributed by atoms with Gasteiger partial charge in [0.05, 0.1) is 31.1 Å². The number of imidazole rings is 1. The fourth-order valence-corrected chi connectivity index (χ4v) is 3.73. The van der Waals surface area contributed by atoms with Gasteiger partial charge in [0.15, 0.2) is 5.65 Å². The maximum atomic E-state index is 13.0. The molecule has 1 aliphatic rings. The molecule has 3 rings (SSSR count). The highest BCUT2D eigenvalue weighted by molar-refractivity contribution is 5.89. The van der Waals surface area contributed by atoms with Crippen molar-refractivity contribution in [2.75, 3.05) is 13.1 Å². The number of carboxylic acids is 1. The summed E-state index contributed by atoms with van der Waals surface area (Å²) in [4.78, 5) is 29.9. The summed E-state index contributed by atoms with van der Waals surface area (Å²) in [7, 11) is 0. The second kappa shape index (κ2) is 7.00. The Morgan fingerprint density at radius 2 is 1.92 bits per heavy atom. The monoisotopic (exact) mass is 346 g/mol. The third-order valence-electron chi connectivity index (χ3n) is 5.04. The summed E-state index contributed by atoms with van der Waals surface area (Å²) >= 11 is 0. The van der Waals surface area contributed by atoms with Gasteiger partial charge in [-0.25, -0.2) is 9.78 Å². The number of hydrogen-bond donors (Lipinski definition) is 1. The van der Waals surface area contributed by atoms with Crippen LogP contribution >= 0.6 is 0 Å². The molecule has 0 spiro atoms. The zero-order valence-electron chi connectivity index (χ0n) is 15.1. The first-order valence-corrected chi connectivity index (χ1v) is 9.03. The van der Waals surface area contributed by atoms with Crippen LogP contribution < -0.4 is 15.7 Å². The number of carbonyl (C=O) groups is 1. The summed E-state index contributed by atoms with van der Waals surface area (Å²) in [6.07, 6.45) is 3.72. The Morgan fingerprint density at radius 3 is 2.52 bits per heavy atom. The van der Waals surface area contributed by atoms with Crippen LogP contribution in [0.15, 0.2) is 17.1 Å². The van der Waals surface area contributed by atoms with E-state index >= 15 is 0 Å². The van der Waals surface area contributed by atoms with Crippen molar-refractivity contribution < 1.29 is 14.8 Å². The predicted molar refractivity (Wildman–Crippen MR) is 92.6 cm³/mol. The second-order valence-electron chi connectivity index (χ2n) is 7.52. The Morgan fingerprint density at radius 1 is 1.24 bits per heavy atom. The molecule has 2 aromatic rings. The van der Waals surface area contributed by atoms with E-state index in [9.17, 15) is 14.7 Å². The van der Waals surface area contributed by atoms with E-state index < -0.39 is 5.97 Å². The molecule has 25 heavy (non-hydrogen) atoms. The Bertz CT molecular complexity index is 831. The largest absolute Gasteiger partial charge is 0.545 e. The van der Waals surface area contributed by atoms with Gasteiger partial charge in [-0.3, -0.25) is 9.13 Å². The molecule has 0 aromatic carbocycles. The highest BCUT2D eigenvalue weighted by Gasteiger charge is 2.25. The van der Waals surface area contributed by atoms with Gasteiger partial charge in [0.1, 0.15) is 6.04 Å². The molecular weight excluding hydrogens is 320 g/mol. The number of aromatic carboxylic acids is 1. The molecule has 7 nitrogen and oxygen atoms in total. The minimum atomic E-state index is -1.27. The molecule has 1 atom stereocenters. The molecule has 7 heteroatoms. The molecule has 0 aliphatic carbocycles. The van der Waals surface area contributed by atoms with E-state index in [1.54, 1.807) is 9.13 Å². The number of hydrogen-bond acceptors (Lipinski definition) is 4. The Kier molecular flexibility index (Phi) is 4.94. The van der Waals surface area contributed by atoms with Crippen molar-refractivity contribution in [1.82, 2.24) is 14.1 Å². The topological polar surface area (TPSA) is 84.4 Å². The van der Waals surface area contributed by atoms with Crippen molar-refractivity contribution in [3.8, 4) is 0 Å². The second-order valence-corrected chi connectivity index (χ2v) is 7.52. The van der Waals surface area contributed by atoms with Crippen molar-refractivity contribution in [2.24, 2.45) is 5.92 Å². The van der Waals surface area contributed by atoms with Crippen molar-refractivity contribution in [3.05, 3.63) is 28.3 Å². The number of nitrogens with zero attached hydrogens (tertiary/aromatic N) is 3. The summed E-state index contributed by atoms with van der Waals surface area (Å²) in [6, 6.07) is 1.81. The third-order valence-corrected chi connectivity index (χ3v) is 5.04. The van der Waals surface area contributed by atoms with Crippen LogP contribution in [-0.2, 0) is 13.1 Å². The SMILES string of the molecule is CC(C)Cn1c(=O)n(C[C@H](C)[NH+]2CCCC2)c2cc(C(=O)[O-])cnc21. The van der Waals surface area contributed by atoms with Gasteiger partial charge >= 0.3 is 5.69 Å². The molecule has 1 saturated heterocycles. The van der Waals surface area contributed by atoms with Crippen LogP contribution in [0.2, 0.25) is 0 Å². The number of likely N-dealkylation sites (tertiary alicyclic amines) is 1. The summed E-state index contributed by atoms with van der Waals surface area (Å²) in [5.74, 6) is -0.982. The third kappa shape index (κ3) is 3.46. The highest BCUT2D eigenvalue weighted by atomic mass is 16.4. The minimum Gasteiger partial charge on any atom is -0.545 e. The van der Waals surface area contributed by atoms with Gasteiger partial charge in [0.25, 0.3) is 0 Å². The van der Waals surface area contributed by atoms with Crippen LogP contribution in [0, 0.1) is 5.92 Å². The lowest BCUT2D eigenvalue weighted by atomic mass is 10.2. The van der Waals surface area contributed by atoms with Gasteiger partial charge < -0.3 is 14.8 Å². The average Bonchev–Trinajstić information content (AvgIpc) is 3.17. The molecular formula is C18H26N4O3. The molecule has 1 aliphatic heterocycles. The number of rotatable bonds is 6. The fourth-order valence-electron chi connectivity index (χ4n) is 3.73. The molecule has 2 aromatic heterocycles. The lowest BCUT2D eigenvalue weighted by Crippen LogP contribution is -3.14. The van der Waals surface area contributed by atoms with Crippen LogP contribution in [-0.4, -0.2) is 39.2 Å². The molecule has 1 N–H and O–H groups in total. The number of pyridine rings is 1. The van der Waals surface area contributed by atoms with Crippen molar-refractivity contribution >= 4 is 17.1 Å².